The Morgan fingerprint density at radius 2 is 1.68 bits per heavy atom. The molecule has 0 fully saturated rings. The molecule has 0 aliphatic heterocycles. The van der Waals surface area contributed by atoms with Gasteiger partial charge in [-0.2, -0.15) is 9.78 Å². The van der Waals surface area contributed by atoms with Crippen LogP contribution in [0, 0.1) is 0 Å². The summed E-state index contributed by atoms with van der Waals surface area (Å²) in [5, 5.41) is 5.11. The summed E-state index contributed by atoms with van der Waals surface area (Å²) in [6.45, 7) is 6.85. The maximum Gasteiger partial charge on any atom is 0.282 e. The van der Waals surface area contributed by atoms with Gasteiger partial charge in [-0.3, -0.25) is 4.79 Å². The van der Waals surface area contributed by atoms with Crippen LogP contribution in [0.15, 0.2) is 76.3 Å². The van der Waals surface area contributed by atoms with Crippen LogP contribution in [0.25, 0.3) is 10.9 Å². The summed E-state index contributed by atoms with van der Waals surface area (Å²) in [6, 6.07) is 15.3. The molecule has 4 aromatic rings. The number of rotatable bonds is 9. The number of hydrogen-bond donors (Lipinski definition) is 0. The van der Waals surface area contributed by atoms with Gasteiger partial charge in [-0.15, -0.1) is 0 Å². The lowest BCUT2D eigenvalue weighted by Crippen LogP contribution is -2.23. The number of halogens is 4. The molecule has 0 saturated heterocycles. The third kappa shape index (κ3) is 6.41. The van der Waals surface area contributed by atoms with Crippen molar-refractivity contribution in [2.24, 2.45) is 5.10 Å². The molecule has 0 unspecified atom stereocenters. The molecule has 38 heavy (non-hydrogen) atoms. The Labute approximate surface area is 255 Å². The van der Waals surface area contributed by atoms with E-state index in [4.69, 9.17) is 14.5 Å². The van der Waals surface area contributed by atoms with Crippen LogP contribution in [0.1, 0.15) is 50.1 Å². The van der Waals surface area contributed by atoms with Gasteiger partial charge in [0.25, 0.3) is 5.56 Å². The predicted molar refractivity (Wildman–Crippen MR) is 167 cm³/mol. The fourth-order valence-corrected chi connectivity index (χ4v) is 5.29. The maximum atomic E-state index is 13.5. The second-order valence-electron chi connectivity index (χ2n) is 8.57. The van der Waals surface area contributed by atoms with Crippen molar-refractivity contribution < 1.29 is 9.47 Å². The Bertz CT molecular complexity index is 1550. The summed E-state index contributed by atoms with van der Waals surface area (Å²) >= 11 is 14.2. The Morgan fingerprint density at radius 1 is 0.974 bits per heavy atom. The Balaban J connectivity index is 1.76. The normalized spacial score (nSPS) is 12.3. The van der Waals surface area contributed by atoms with Gasteiger partial charge >= 0.3 is 0 Å². The number of aromatic nitrogens is 2. The Kier molecular flexibility index (Phi) is 9.84. The van der Waals surface area contributed by atoms with E-state index in [1.807, 2.05) is 56.3 Å². The lowest BCUT2D eigenvalue weighted by Gasteiger charge is -2.17. The van der Waals surface area contributed by atoms with E-state index in [0.717, 1.165) is 25.4 Å². The van der Waals surface area contributed by atoms with E-state index >= 15 is 0 Å². The monoisotopic (exact) mass is 767 g/mol. The van der Waals surface area contributed by atoms with E-state index in [0.29, 0.717) is 51.5 Å². The molecular weight excluding hydrogens is 746 g/mol. The van der Waals surface area contributed by atoms with Crippen molar-refractivity contribution in [3.63, 3.8) is 0 Å². The minimum Gasteiger partial charge on any atom is -0.490 e. The first-order chi connectivity index (χ1) is 18.2. The molecule has 0 aliphatic rings. The lowest BCUT2D eigenvalue weighted by molar-refractivity contribution is 0.267. The highest BCUT2D eigenvalue weighted by molar-refractivity contribution is 9.13. The maximum absolute atomic E-state index is 13.5. The number of hydrogen-bond acceptors (Lipinski definition) is 5. The van der Waals surface area contributed by atoms with Crippen molar-refractivity contribution in [2.45, 2.75) is 39.7 Å². The van der Waals surface area contributed by atoms with Gasteiger partial charge in [-0.1, -0.05) is 57.8 Å². The molecule has 0 bridgehead atoms. The topological polar surface area (TPSA) is 65.7 Å². The van der Waals surface area contributed by atoms with Gasteiger partial charge in [0.2, 0.25) is 0 Å². The zero-order chi connectivity index (χ0) is 27.4. The van der Waals surface area contributed by atoms with Crippen molar-refractivity contribution in [1.82, 2.24) is 9.66 Å². The van der Waals surface area contributed by atoms with Crippen molar-refractivity contribution in [3.8, 4) is 11.5 Å². The molecule has 10 heteroatoms. The summed E-state index contributed by atoms with van der Waals surface area (Å²) < 4.78 is 16.7. The van der Waals surface area contributed by atoms with E-state index in [-0.39, 0.29) is 11.5 Å². The third-order valence-corrected chi connectivity index (χ3v) is 9.12. The van der Waals surface area contributed by atoms with Crippen LogP contribution in [0.3, 0.4) is 0 Å². The van der Waals surface area contributed by atoms with E-state index < -0.39 is 0 Å². The summed E-state index contributed by atoms with van der Waals surface area (Å²) in [7, 11) is 0. The van der Waals surface area contributed by atoms with Gasteiger partial charge in [-0.25, -0.2) is 4.98 Å². The van der Waals surface area contributed by atoms with Gasteiger partial charge in [0.1, 0.15) is 12.4 Å². The average molecular weight is 771 g/mol. The van der Waals surface area contributed by atoms with Crippen LogP contribution < -0.4 is 15.0 Å². The fraction of sp³-hybridized carbons (Fsp3) is 0.250. The highest BCUT2D eigenvalue weighted by atomic mass is 79.9. The zero-order valence-electron chi connectivity index (χ0n) is 21.0. The Hall–Kier alpha value is -2.01. The summed E-state index contributed by atoms with van der Waals surface area (Å²) in [4.78, 5) is 18.3. The van der Waals surface area contributed by atoms with Crippen LogP contribution in [-0.2, 0) is 6.61 Å². The Morgan fingerprint density at radius 3 is 2.37 bits per heavy atom. The summed E-state index contributed by atoms with van der Waals surface area (Å²) in [6.07, 6.45) is 2.45. The van der Waals surface area contributed by atoms with E-state index in [1.54, 1.807) is 12.3 Å². The second kappa shape index (κ2) is 12.9. The van der Waals surface area contributed by atoms with Crippen molar-refractivity contribution in [3.05, 3.63) is 93.7 Å². The van der Waals surface area contributed by atoms with Gasteiger partial charge in [-0.05, 0) is 87.2 Å². The lowest BCUT2D eigenvalue weighted by atomic mass is 10.1. The SMILES string of the molecule is CCOc1cc(C=Nn2c([C@@H](C)CC)nc3ccc(Br)cc3c2=O)c(Br)c(Br)c1OCc1ccc(Br)cc1. The number of nitrogens with zero attached hydrogens (tertiary/aromatic N) is 3. The molecule has 0 N–H and O–H groups in total. The predicted octanol–water partition coefficient (Wildman–Crippen LogP) is 8.82. The van der Waals surface area contributed by atoms with Crippen molar-refractivity contribution >= 4 is 80.8 Å². The molecule has 0 aliphatic carbocycles. The van der Waals surface area contributed by atoms with Gasteiger partial charge < -0.3 is 9.47 Å². The quantitative estimate of drug-likeness (QED) is 0.160. The minimum absolute atomic E-state index is 0.0384. The first-order valence-electron chi connectivity index (χ1n) is 12.0. The molecule has 4 rings (SSSR count). The van der Waals surface area contributed by atoms with Gasteiger partial charge in [0, 0.05) is 24.9 Å². The second-order valence-corrected chi connectivity index (χ2v) is 12.0. The summed E-state index contributed by atoms with van der Waals surface area (Å²) in [5.41, 5.74) is 2.16. The third-order valence-electron chi connectivity index (χ3n) is 5.95. The first kappa shape index (κ1) is 29.0. The van der Waals surface area contributed by atoms with Crippen LogP contribution in [0.4, 0.5) is 0 Å². The van der Waals surface area contributed by atoms with Crippen LogP contribution in [0.5, 0.6) is 11.5 Å². The molecule has 0 radical (unpaired) electrons. The first-order valence-corrected chi connectivity index (χ1v) is 15.2. The highest BCUT2D eigenvalue weighted by Gasteiger charge is 2.19. The summed E-state index contributed by atoms with van der Waals surface area (Å²) in [5.74, 6) is 1.79. The van der Waals surface area contributed by atoms with E-state index in [2.05, 4.69) is 75.7 Å². The van der Waals surface area contributed by atoms with E-state index in [9.17, 15) is 4.79 Å². The smallest absolute Gasteiger partial charge is 0.282 e. The molecule has 1 heterocycles. The van der Waals surface area contributed by atoms with Crippen LogP contribution in [0.2, 0.25) is 0 Å². The van der Waals surface area contributed by atoms with Gasteiger partial charge in [0.05, 0.1) is 28.2 Å². The molecule has 6 nitrogen and oxygen atoms in total. The molecule has 1 aromatic heterocycles. The van der Waals surface area contributed by atoms with Crippen molar-refractivity contribution in [1.29, 1.82) is 0 Å². The molecular formula is C28H25Br4N3O3. The minimum atomic E-state index is -0.225. The largest absolute Gasteiger partial charge is 0.490 e. The number of benzene rings is 3. The molecule has 198 valence electrons. The average Bonchev–Trinajstić information content (AvgIpc) is 2.91. The molecule has 0 saturated carbocycles. The van der Waals surface area contributed by atoms with Crippen molar-refractivity contribution in [2.75, 3.05) is 6.61 Å². The van der Waals surface area contributed by atoms with Crippen LogP contribution in [-0.4, -0.2) is 22.5 Å². The highest BCUT2D eigenvalue weighted by Crippen LogP contribution is 2.43. The van der Waals surface area contributed by atoms with Crippen LogP contribution >= 0.6 is 63.7 Å². The fourth-order valence-electron chi connectivity index (χ4n) is 3.73. The van der Waals surface area contributed by atoms with E-state index in [1.165, 1.54) is 4.68 Å². The molecule has 0 amide bonds. The zero-order valence-corrected chi connectivity index (χ0v) is 27.3. The number of ether oxygens (including phenoxy) is 2. The number of fused-ring (bicyclic) bond motifs is 1. The van der Waals surface area contributed by atoms with Gasteiger partial charge in [0.15, 0.2) is 11.5 Å². The standard InChI is InChI=1S/C28H25Br4N3O3/c1-4-16(3)27-34-22-11-10-20(30)13-21(22)28(36)35(27)33-14-18-12-23(37-5-2)26(25(32)24(18)31)38-15-17-6-8-19(29)9-7-17/h6-14,16H,4-5,15H2,1-3H3/t16-/m0/s1. The molecule has 3 aromatic carbocycles. The molecule has 0 spiro atoms. The molecule has 1 atom stereocenters.